The van der Waals surface area contributed by atoms with E-state index in [0.717, 1.165) is 23.5 Å². The summed E-state index contributed by atoms with van der Waals surface area (Å²) in [7, 11) is 0. The summed E-state index contributed by atoms with van der Waals surface area (Å²) in [6.07, 6.45) is -2.85. The van der Waals surface area contributed by atoms with Gasteiger partial charge in [0.1, 0.15) is 0 Å². The van der Waals surface area contributed by atoms with Crippen LogP contribution < -0.4 is 10.6 Å². The highest BCUT2D eigenvalue weighted by molar-refractivity contribution is 7.15. The first-order chi connectivity index (χ1) is 13.7. The topological polar surface area (TPSA) is 71.1 Å². The number of aromatic nitrogens is 1. The zero-order chi connectivity index (χ0) is 21.0. The molecule has 5 nitrogen and oxygen atoms in total. The summed E-state index contributed by atoms with van der Waals surface area (Å²) in [6.45, 7) is -0.231. The van der Waals surface area contributed by atoms with Crippen molar-refractivity contribution < 1.29 is 22.8 Å². The lowest BCUT2D eigenvalue weighted by Crippen LogP contribution is -2.32. The van der Waals surface area contributed by atoms with Gasteiger partial charge >= 0.3 is 6.18 Å². The average molecular weight is 460 g/mol. The van der Waals surface area contributed by atoms with Crippen LogP contribution in [0.25, 0.3) is 0 Å². The summed E-state index contributed by atoms with van der Waals surface area (Å²) in [5, 5.41) is 7.28. The number of nitrogens with zero attached hydrogens (tertiary/aromatic N) is 1. The summed E-state index contributed by atoms with van der Waals surface area (Å²) >= 11 is 8.38. The molecule has 0 unspecified atom stereocenters. The molecule has 2 heterocycles. The molecule has 29 heavy (non-hydrogen) atoms. The average Bonchev–Trinajstić information content (AvgIpc) is 3.33. The largest absolute Gasteiger partial charge is 0.416 e. The van der Waals surface area contributed by atoms with Gasteiger partial charge in [-0.1, -0.05) is 17.7 Å². The molecule has 0 radical (unpaired) electrons. The second-order valence-electron chi connectivity index (χ2n) is 5.82. The van der Waals surface area contributed by atoms with Gasteiger partial charge in [-0.2, -0.15) is 13.2 Å². The molecule has 11 heteroatoms. The molecule has 0 aliphatic rings. The summed E-state index contributed by atoms with van der Waals surface area (Å²) in [5.41, 5.74) is -0.470. The molecule has 152 valence electrons. The van der Waals surface area contributed by atoms with Crippen LogP contribution in [0.1, 0.15) is 25.7 Å². The monoisotopic (exact) mass is 459 g/mol. The molecule has 0 aliphatic carbocycles. The van der Waals surface area contributed by atoms with E-state index in [1.807, 2.05) is 0 Å². The van der Waals surface area contributed by atoms with Crippen LogP contribution >= 0.6 is 34.3 Å². The van der Waals surface area contributed by atoms with E-state index in [9.17, 15) is 22.8 Å². The number of rotatable bonds is 6. The fraction of sp³-hybridized carbons (Fsp3) is 0.167. The Labute approximate surface area is 176 Å². The lowest BCUT2D eigenvalue weighted by Gasteiger charge is -2.09. The number of amides is 2. The SMILES string of the molecule is O=C(CNC(=O)c1cccs1)Nc1ncc(Cc2cc(C(F)(F)F)ccc2Cl)s1. The predicted octanol–water partition coefficient (Wildman–Crippen LogP) is 4.84. The van der Waals surface area contributed by atoms with Crippen molar-refractivity contribution in [1.82, 2.24) is 10.3 Å². The normalized spacial score (nSPS) is 11.3. The van der Waals surface area contributed by atoms with Gasteiger partial charge in [-0.15, -0.1) is 22.7 Å². The molecule has 0 saturated heterocycles. The minimum absolute atomic E-state index is 0.144. The fourth-order valence-corrected chi connectivity index (χ4v) is 4.02. The second-order valence-corrected chi connectivity index (χ2v) is 8.29. The van der Waals surface area contributed by atoms with Gasteiger partial charge in [0.2, 0.25) is 5.91 Å². The lowest BCUT2D eigenvalue weighted by atomic mass is 10.1. The number of nitrogens with one attached hydrogen (secondary N) is 2. The molecule has 0 spiro atoms. The second kappa shape index (κ2) is 8.93. The summed E-state index contributed by atoms with van der Waals surface area (Å²) in [4.78, 5) is 28.9. The third-order valence-corrected chi connectivity index (χ3v) is 5.84. The van der Waals surface area contributed by atoms with Crippen molar-refractivity contribution in [2.24, 2.45) is 0 Å². The van der Waals surface area contributed by atoms with E-state index in [4.69, 9.17) is 11.6 Å². The van der Waals surface area contributed by atoms with E-state index < -0.39 is 17.6 Å². The van der Waals surface area contributed by atoms with E-state index in [1.165, 1.54) is 23.6 Å². The van der Waals surface area contributed by atoms with Crippen molar-refractivity contribution in [3.05, 3.63) is 67.8 Å². The van der Waals surface area contributed by atoms with Gasteiger partial charge in [0, 0.05) is 22.5 Å². The molecular formula is C18H13ClF3N3O2S2. The number of thiophene rings is 1. The number of alkyl halides is 3. The van der Waals surface area contributed by atoms with Gasteiger partial charge in [-0.3, -0.25) is 9.59 Å². The number of benzene rings is 1. The molecule has 2 amide bonds. The van der Waals surface area contributed by atoms with Gasteiger partial charge in [0.05, 0.1) is 17.0 Å². The predicted molar refractivity (Wildman–Crippen MR) is 107 cm³/mol. The zero-order valence-electron chi connectivity index (χ0n) is 14.5. The maximum absolute atomic E-state index is 12.9. The smallest absolute Gasteiger partial charge is 0.342 e. The minimum atomic E-state index is -4.46. The first-order valence-corrected chi connectivity index (χ1v) is 10.2. The van der Waals surface area contributed by atoms with Crippen LogP contribution in [-0.2, 0) is 17.4 Å². The van der Waals surface area contributed by atoms with E-state index >= 15 is 0 Å². The Morgan fingerprint density at radius 3 is 2.69 bits per heavy atom. The maximum Gasteiger partial charge on any atom is 0.416 e. The Kier molecular flexibility index (Phi) is 6.56. The molecule has 3 aromatic rings. The summed E-state index contributed by atoms with van der Waals surface area (Å²) in [6, 6.07) is 6.51. The van der Waals surface area contributed by atoms with Crippen LogP contribution in [0.3, 0.4) is 0 Å². The van der Waals surface area contributed by atoms with Gasteiger partial charge in [-0.25, -0.2) is 4.98 Å². The molecule has 3 rings (SSSR count). The molecule has 0 saturated carbocycles. The third-order valence-electron chi connectivity index (χ3n) is 3.69. The van der Waals surface area contributed by atoms with Crippen LogP contribution in [0.5, 0.6) is 0 Å². The van der Waals surface area contributed by atoms with Crippen molar-refractivity contribution >= 4 is 51.2 Å². The molecule has 0 aliphatic heterocycles. The standard InChI is InChI=1S/C18H13ClF3N3O2S2/c19-13-4-3-11(18(20,21)22)6-10(13)7-12-8-24-17(29-12)25-15(26)9-23-16(27)14-2-1-5-28-14/h1-6,8H,7,9H2,(H,23,27)(H,24,25,26). The van der Waals surface area contributed by atoms with Crippen molar-refractivity contribution in [3.63, 3.8) is 0 Å². The number of hydrogen-bond donors (Lipinski definition) is 2. The van der Waals surface area contributed by atoms with Crippen LogP contribution in [0, 0.1) is 0 Å². The van der Waals surface area contributed by atoms with Crippen LogP contribution in [0.2, 0.25) is 5.02 Å². The highest BCUT2D eigenvalue weighted by Crippen LogP contribution is 2.33. The van der Waals surface area contributed by atoms with Crippen LogP contribution in [0.15, 0.2) is 41.9 Å². The van der Waals surface area contributed by atoms with Gasteiger partial charge < -0.3 is 10.6 Å². The van der Waals surface area contributed by atoms with Crippen molar-refractivity contribution in [2.45, 2.75) is 12.6 Å². The molecule has 0 bridgehead atoms. The highest BCUT2D eigenvalue weighted by Gasteiger charge is 2.30. The number of hydrogen-bond acceptors (Lipinski definition) is 5. The highest BCUT2D eigenvalue weighted by atomic mass is 35.5. The Morgan fingerprint density at radius 1 is 1.21 bits per heavy atom. The number of anilines is 1. The van der Waals surface area contributed by atoms with Crippen molar-refractivity contribution in [3.8, 4) is 0 Å². The molecular weight excluding hydrogens is 447 g/mol. The quantitative estimate of drug-likeness (QED) is 0.554. The molecule has 0 fully saturated rings. The summed E-state index contributed by atoms with van der Waals surface area (Å²) < 4.78 is 38.6. The van der Waals surface area contributed by atoms with E-state index in [0.29, 0.717) is 15.3 Å². The van der Waals surface area contributed by atoms with E-state index in [1.54, 1.807) is 17.5 Å². The first-order valence-electron chi connectivity index (χ1n) is 8.14. The minimum Gasteiger partial charge on any atom is -0.342 e. The Bertz CT molecular complexity index is 1020. The number of thiazole rings is 1. The van der Waals surface area contributed by atoms with Crippen molar-refractivity contribution in [1.29, 1.82) is 0 Å². The maximum atomic E-state index is 12.9. The molecule has 1 aromatic carbocycles. The summed E-state index contributed by atoms with van der Waals surface area (Å²) in [5.74, 6) is -0.818. The third kappa shape index (κ3) is 5.78. The molecule has 2 aromatic heterocycles. The first kappa shape index (κ1) is 21.3. The van der Waals surface area contributed by atoms with E-state index in [-0.39, 0.29) is 29.0 Å². The number of carbonyl (C=O) groups is 2. The fourth-order valence-electron chi connectivity index (χ4n) is 2.34. The molecule has 0 atom stereocenters. The van der Waals surface area contributed by atoms with Gasteiger partial charge in [0.15, 0.2) is 5.13 Å². The van der Waals surface area contributed by atoms with Crippen molar-refractivity contribution in [2.75, 3.05) is 11.9 Å². The van der Waals surface area contributed by atoms with Gasteiger partial charge in [0.25, 0.3) is 5.91 Å². The van der Waals surface area contributed by atoms with E-state index in [2.05, 4.69) is 15.6 Å². The Morgan fingerprint density at radius 2 is 2.00 bits per heavy atom. The number of halogens is 4. The lowest BCUT2D eigenvalue weighted by molar-refractivity contribution is -0.137. The van der Waals surface area contributed by atoms with Crippen LogP contribution in [0.4, 0.5) is 18.3 Å². The van der Waals surface area contributed by atoms with Crippen LogP contribution in [-0.4, -0.2) is 23.3 Å². The Hall–Kier alpha value is -2.43. The molecule has 2 N–H and O–H groups in total. The Balaban J connectivity index is 1.58. The zero-order valence-corrected chi connectivity index (χ0v) is 16.9. The van der Waals surface area contributed by atoms with Gasteiger partial charge in [-0.05, 0) is 35.2 Å². The number of carbonyl (C=O) groups excluding carboxylic acids is 2.